The maximum Gasteiger partial charge on any atom is 0.217 e. The van der Waals surface area contributed by atoms with Gasteiger partial charge in [-0.2, -0.15) is 0 Å². The maximum absolute atomic E-state index is 11.9. The van der Waals surface area contributed by atoms with Crippen molar-refractivity contribution in [3.8, 4) is 0 Å². The Bertz CT molecular complexity index is 817. The molecule has 6 atom stereocenters. The zero-order valence-corrected chi connectivity index (χ0v) is 17.1. The van der Waals surface area contributed by atoms with Crippen molar-refractivity contribution in [3.05, 3.63) is 71.8 Å². The van der Waals surface area contributed by atoms with Gasteiger partial charge in [0.15, 0.2) is 12.6 Å². The van der Waals surface area contributed by atoms with Gasteiger partial charge in [0.2, 0.25) is 5.91 Å². The average molecular weight is 413 g/mol. The monoisotopic (exact) mass is 413 g/mol. The number of fused-ring (bicyclic) bond motifs is 1. The second-order valence-electron chi connectivity index (χ2n) is 7.44. The van der Waals surface area contributed by atoms with E-state index in [1.807, 2.05) is 60.7 Å². The van der Waals surface area contributed by atoms with Gasteiger partial charge in [-0.25, -0.2) is 0 Å². The molecule has 0 spiro atoms. The number of nitrogens with one attached hydrogen (secondary N) is 1. The Kier molecular flexibility index (Phi) is 6.76. The predicted octanol–water partition coefficient (Wildman–Crippen LogP) is 2.56. The predicted molar refractivity (Wildman–Crippen MR) is 108 cm³/mol. The smallest absolute Gasteiger partial charge is 0.217 e. The van der Waals surface area contributed by atoms with E-state index >= 15 is 0 Å². The van der Waals surface area contributed by atoms with E-state index in [1.165, 1.54) is 6.92 Å². The van der Waals surface area contributed by atoms with Crippen molar-refractivity contribution < 1.29 is 28.5 Å². The summed E-state index contributed by atoms with van der Waals surface area (Å²) in [5.41, 5.74) is 1.93. The second kappa shape index (κ2) is 9.68. The summed E-state index contributed by atoms with van der Waals surface area (Å²) in [5, 5.41) is 2.92. The van der Waals surface area contributed by atoms with E-state index in [2.05, 4.69) is 5.32 Å². The Labute approximate surface area is 176 Å². The zero-order valence-electron chi connectivity index (χ0n) is 17.1. The Morgan fingerprint density at radius 2 is 1.77 bits per heavy atom. The molecule has 2 aliphatic rings. The van der Waals surface area contributed by atoms with E-state index in [0.717, 1.165) is 11.1 Å². The first-order chi connectivity index (χ1) is 14.7. The number of benzene rings is 2. The van der Waals surface area contributed by atoms with E-state index < -0.39 is 30.8 Å². The molecule has 30 heavy (non-hydrogen) atoms. The summed E-state index contributed by atoms with van der Waals surface area (Å²) in [7, 11) is 1.60. The van der Waals surface area contributed by atoms with Crippen molar-refractivity contribution in [1.82, 2.24) is 5.32 Å². The largest absolute Gasteiger partial charge is 0.376 e. The summed E-state index contributed by atoms with van der Waals surface area (Å²) < 4.78 is 30.1. The minimum Gasteiger partial charge on any atom is -0.376 e. The quantitative estimate of drug-likeness (QED) is 0.785. The van der Waals surface area contributed by atoms with E-state index in [4.69, 9.17) is 23.7 Å². The highest BCUT2D eigenvalue weighted by atomic mass is 16.7. The fourth-order valence-corrected chi connectivity index (χ4v) is 3.91. The van der Waals surface area contributed by atoms with E-state index in [1.54, 1.807) is 7.11 Å². The van der Waals surface area contributed by atoms with Crippen LogP contribution < -0.4 is 5.32 Å². The maximum atomic E-state index is 11.9. The summed E-state index contributed by atoms with van der Waals surface area (Å²) in [6.45, 7) is 2.15. The van der Waals surface area contributed by atoms with Crippen LogP contribution in [0, 0.1) is 0 Å². The number of hydrogen-bond acceptors (Lipinski definition) is 6. The molecular weight excluding hydrogens is 386 g/mol. The van der Waals surface area contributed by atoms with Crippen molar-refractivity contribution in [1.29, 1.82) is 0 Å². The normalized spacial score (nSPS) is 31.0. The van der Waals surface area contributed by atoms with Crippen molar-refractivity contribution in [3.63, 3.8) is 0 Å². The molecule has 2 heterocycles. The molecule has 2 aromatic carbocycles. The van der Waals surface area contributed by atoms with E-state index in [-0.39, 0.29) is 12.0 Å². The molecule has 2 aliphatic heterocycles. The van der Waals surface area contributed by atoms with Crippen molar-refractivity contribution in [2.75, 3.05) is 13.7 Å². The first-order valence-electron chi connectivity index (χ1n) is 10.1. The van der Waals surface area contributed by atoms with Gasteiger partial charge in [0, 0.05) is 19.6 Å². The lowest BCUT2D eigenvalue weighted by atomic mass is 9.95. The highest BCUT2D eigenvalue weighted by Gasteiger charge is 2.51. The number of rotatable bonds is 6. The molecule has 0 unspecified atom stereocenters. The van der Waals surface area contributed by atoms with Gasteiger partial charge in [-0.3, -0.25) is 4.79 Å². The van der Waals surface area contributed by atoms with Crippen LogP contribution in [0.15, 0.2) is 60.7 Å². The molecule has 0 radical (unpaired) electrons. The number of methoxy groups -OCH3 is 1. The zero-order chi connectivity index (χ0) is 20.9. The summed E-state index contributed by atoms with van der Waals surface area (Å²) in [4.78, 5) is 11.9. The van der Waals surface area contributed by atoms with Crippen molar-refractivity contribution >= 4 is 5.91 Å². The second-order valence-corrected chi connectivity index (χ2v) is 7.44. The van der Waals surface area contributed by atoms with E-state index in [0.29, 0.717) is 13.2 Å². The third-order valence-electron chi connectivity index (χ3n) is 5.31. The SMILES string of the molecule is CO[C@@H]1[C@@H](NC(C)=O)[C@H](OCc2ccccc2)O[C@@H]2CO[C@H](c3ccccc3)O[C@@H]12. The first kappa shape index (κ1) is 21.0. The number of carbonyl (C=O) groups excluding carboxylic acids is 1. The number of ether oxygens (including phenoxy) is 5. The van der Waals surface area contributed by atoms with Gasteiger partial charge in [0.05, 0.1) is 13.2 Å². The fourth-order valence-electron chi connectivity index (χ4n) is 3.91. The third kappa shape index (κ3) is 4.71. The van der Waals surface area contributed by atoms with Crippen LogP contribution in [0.5, 0.6) is 0 Å². The van der Waals surface area contributed by atoms with Crippen LogP contribution in [0.4, 0.5) is 0 Å². The molecule has 1 N–H and O–H groups in total. The Hall–Kier alpha value is -2.29. The lowest BCUT2D eigenvalue weighted by Gasteiger charge is -2.48. The van der Waals surface area contributed by atoms with Crippen LogP contribution in [-0.2, 0) is 35.1 Å². The molecule has 160 valence electrons. The van der Waals surface area contributed by atoms with E-state index in [9.17, 15) is 4.79 Å². The molecular formula is C23H27NO6. The molecule has 7 nitrogen and oxygen atoms in total. The van der Waals surface area contributed by atoms with Crippen LogP contribution in [0.2, 0.25) is 0 Å². The van der Waals surface area contributed by atoms with Gasteiger partial charge in [-0.05, 0) is 5.56 Å². The Morgan fingerprint density at radius 3 is 2.43 bits per heavy atom. The van der Waals surface area contributed by atoms with Gasteiger partial charge >= 0.3 is 0 Å². The van der Waals surface area contributed by atoms with Crippen molar-refractivity contribution in [2.24, 2.45) is 0 Å². The minimum atomic E-state index is -0.694. The van der Waals surface area contributed by atoms with Gasteiger partial charge in [0.1, 0.15) is 24.4 Å². The molecule has 0 aromatic heterocycles. The summed E-state index contributed by atoms with van der Waals surface area (Å²) >= 11 is 0. The minimum absolute atomic E-state index is 0.191. The molecule has 0 bridgehead atoms. The van der Waals surface area contributed by atoms with Gasteiger partial charge in [0.25, 0.3) is 0 Å². The Balaban J connectivity index is 1.51. The molecule has 2 saturated heterocycles. The van der Waals surface area contributed by atoms with Gasteiger partial charge < -0.3 is 29.0 Å². The van der Waals surface area contributed by atoms with Crippen LogP contribution in [-0.4, -0.2) is 50.3 Å². The standard InChI is InChI=1S/C23H27NO6/c1-15(25)24-19-21(26-2)20-18(14-28-22(30-20)17-11-7-4-8-12-17)29-23(19)27-13-16-9-5-3-6-10-16/h3-12,18-23H,13-14H2,1-2H3,(H,24,25)/t18-,19-,20-,21-,22+,23-/m1/s1. The lowest BCUT2D eigenvalue weighted by molar-refractivity contribution is -0.347. The summed E-state index contributed by atoms with van der Waals surface area (Å²) in [6, 6.07) is 19.0. The molecule has 0 saturated carbocycles. The third-order valence-corrected chi connectivity index (χ3v) is 5.31. The highest BCUT2D eigenvalue weighted by molar-refractivity contribution is 5.73. The first-order valence-corrected chi connectivity index (χ1v) is 10.1. The van der Waals surface area contributed by atoms with Crippen LogP contribution >= 0.6 is 0 Å². The highest BCUT2D eigenvalue weighted by Crippen LogP contribution is 2.35. The molecule has 7 heteroatoms. The number of hydrogen-bond donors (Lipinski definition) is 1. The molecule has 2 fully saturated rings. The number of amides is 1. The van der Waals surface area contributed by atoms with Crippen molar-refractivity contribution in [2.45, 2.75) is 50.5 Å². The van der Waals surface area contributed by atoms with Crippen LogP contribution in [0.25, 0.3) is 0 Å². The molecule has 0 aliphatic carbocycles. The molecule has 1 amide bonds. The van der Waals surface area contributed by atoms with Crippen LogP contribution in [0.1, 0.15) is 24.3 Å². The average Bonchev–Trinajstić information content (AvgIpc) is 2.78. The summed E-state index contributed by atoms with van der Waals surface area (Å²) in [6.07, 6.45) is -2.46. The summed E-state index contributed by atoms with van der Waals surface area (Å²) in [5.74, 6) is -0.191. The fraction of sp³-hybridized carbons (Fsp3) is 0.435. The topological polar surface area (TPSA) is 75.3 Å². The van der Waals surface area contributed by atoms with Gasteiger partial charge in [-0.15, -0.1) is 0 Å². The molecule has 2 aromatic rings. The van der Waals surface area contributed by atoms with Gasteiger partial charge in [-0.1, -0.05) is 60.7 Å². The molecule has 4 rings (SSSR count). The van der Waals surface area contributed by atoms with Crippen LogP contribution in [0.3, 0.4) is 0 Å². The number of carbonyl (C=O) groups is 1. The Morgan fingerprint density at radius 1 is 1.07 bits per heavy atom. The lowest BCUT2D eigenvalue weighted by Crippen LogP contribution is -2.67.